The Bertz CT molecular complexity index is 521. The van der Waals surface area contributed by atoms with Gasteiger partial charge in [0.15, 0.2) is 11.9 Å². The quantitative estimate of drug-likeness (QED) is 0.609. The van der Waals surface area contributed by atoms with Crippen molar-refractivity contribution in [3.8, 4) is 0 Å². The molecule has 13 heavy (non-hydrogen) atoms. The summed E-state index contributed by atoms with van der Waals surface area (Å²) in [5, 5.41) is 0. The van der Waals surface area contributed by atoms with Crippen LogP contribution in [0.4, 0.5) is 0 Å². The minimum atomic E-state index is -0.454. The van der Waals surface area contributed by atoms with Crippen LogP contribution in [0.1, 0.15) is 10.4 Å². The molecule has 0 N–H and O–H groups in total. The highest BCUT2D eigenvalue weighted by Gasteiger charge is 2.08. The van der Waals surface area contributed by atoms with Crippen molar-refractivity contribution >= 4 is 17.4 Å². The van der Waals surface area contributed by atoms with E-state index in [1.807, 2.05) is 0 Å². The van der Waals surface area contributed by atoms with Crippen molar-refractivity contribution in [1.29, 1.82) is 0 Å². The van der Waals surface area contributed by atoms with E-state index in [4.69, 9.17) is 4.42 Å². The lowest BCUT2D eigenvalue weighted by molar-refractivity contribution is 0.112. The SMILES string of the molecule is Cn1c(=O)oc2c(C=O)cccc21. The third-order valence-electron chi connectivity index (χ3n) is 1.98. The molecule has 0 radical (unpaired) electrons. The van der Waals surface area contributed by atoms with E-state index in [9.17, 15) is 9.59 Å². The van der Waals surface area contributed by atoms with Gasteiger partial charge in [-0.2, -0.15) is 0 Å². The fraction of sp³-hybridized carbons (Fsp3) is 0.111. The van der Waals surface area contributed by atoms with Crippen LogP contribution in [0.25, 0.3) is 11.1 Å². The number of carbonyl (C=O) groups excluding carboxylic acids is 1. The molecule has 0 saturated heterocycles. The number of aromatic nitrogens is 1. The van der Waals surface area contributed by atoms with Crippen molar-refractivity contribution in [2.45, 2.75) is 0 Å². The Balaban J connectivity index is 3.00. The molecule has 66 valence electrons. The van der Waals surface area contributed by atoms with E-state index in [0.29, 0.717) is 22.9 Å². The van der Waals surface area contributed by atoms with Crippen LogP contribution in [-0.4, -0.2) is 10.9 Å². The highest BCUT2D eigenvalue weighted by Crippen LogP contribution is 2.14. The second kappa shape index (κ2) is 2.58. The molecule has 0 fully saturated rings. The minimum absolute atomic E-state index is 0.352. The maximum atomic E-state index is 11.1. The summed E-state index contributed by atoms with van der Waals surface area (Å²) in [4.78, 5) is 21.7. The van der Waals surface area contributed by atoms with Gasteiger partial charge in [0.05, 0.1) is 11.1 Å². The Labute approximate surface area is 73.4 Å². The van der Waals surface area contributed by atoms with Crippen molar-refractivity contribution in [2.75, 3.05) is 0 Å². The van der Waals surface area contributed by atoms with Gasteiger partial charge in [-0.05, 0) is 12.1 Å². The van der Waals surface area contributed by atoms with E-state index in [1.165, 1.54) is 4.57 Å². The van der Waals surface area contributed by atoms with Crippen LogP contribution in [-0.2, 0) is 7.05 Å². The van der Waals surface area contributed by atoms with Gasteiger partial charge in [0.1, 0.15) is 0 Å². The predicted octanol–water partition coefficient (Wildman–Crippen LogP) is 0.944. The van der Waals surface area contributed by atoms with E-state index in [0.717, 1.165) is 0 Å². The highest BCUT2D eigenvalue weighted by molar-refractivity contribution is 5.92. The third-order valence-corrected chi connectivity index (χ3v) is 1.98. The number of benzene rings is 1. The van der Waals surface area contributed by atoms with Gasteiger partial charge in [0, 0.05) is 7.05 Å². The molecule has 0 saturated carbocycles. The summed E-state index contributed by atoms with van der Waals surface area (Å²) in [6.45, 7) is 0. The van der Waals surface area contributed by atoms with E-state index < -0.39 is 5.76 Å². The first kappa shape index (κ1) is 7.79. The molecule has 0 aliphatic rings. The standard InChI is InChI=1S/C9H7NO3/c1-10-7-4-2-3-6(5-11)8(7)13-9(10)12/h2-5H,1H3. The molecule has 0 aliphatic heterocycles. The summed E-state index contributed by atoms with van der Waals surface area (Å²) in [6, 6.07) is 5.05. The molecule has 4 heteroatoms. The van der Waals surface area contributed by atoms with Crippen LogP contribution in [0.3, 0.4) is 0 Å². The molecule has 1 aromatic heterocycles. The van der Waals surface area contributed by atoms with Crippen molar-refractivity contribution < 1.29 is 9.21 Å². The molecule has 1 aromatic carbocycles. The number of fused-ring (bicyclic) bond motifs is 1. The van der Waals surface area contributed by atoms with Crippen LogP contribution in [0.2, 0.25) is 0 Å². The van der Waals surface area contributed by atoms with Gasteiger partial charge in [-0.15, -0.1) is 0 Å². The van der Waals surface area contributed by atoms with Gasteiger partial charge in [-0.1, -0.05) is 6.07 Å². The minimum Gasteiger partial charge on any atom is -0.407 e. The first-order valence-corrected chi connectivity index (χ1v) is 3.78. The van der Waals surface area contributed by atoms with Gasteiger partial charge < -0.3 is 4.42 Å². The van der Waals surface area contributed by atoms with Gasteiger partial charge in [-0.3, -0.25) is 9.36 Å². The summed E-state index contributed by atoms with van der Waals surface area (Å²) in [6.07, 6.45) is 0.672. The Morgan fingerprint density at radius 3 is 2.92 bits per heavy atom. The van der Waals surface area contributed by atoms with Crippen LogP contribution in [0.5, 0.6) is 0 Å². The second-order valence-corrected chi connectivity index (χ2v) is 2.74. The predicted molar refractivity (Wildman–Crippen MR) is 46.8 cm³/mol. The van der Waals surface area contributed by atoms with Crippen molar-refractivity contribution in [1.82, 2.24) is 4.57 Å². The van der Waals surface area contributed by atoms with Gasteiger partial charge in [-0.25, -0.2) is 4.79 Å². The van der Waals surface area contributed by atoms with Gasteiger partial charge >= 0.3 is 5.76 Å². The summed E-state index contributed by atoms with van der Waals surface area (Å²) in [5.74, 6) is -0.454. The van der Waals surface area contributed by atoms with Crippen molar-refractivity contribution in [2.24, 2.45) is 7.05 Å². The van der Waals surface area contributed by atoms with Crippen LogP contribution < -0.4 is 5.76 Å². The summed E-state index contributed by atoms with van der Waals surface area (Å²) < 4.78 is 6.26. The molecule has 4 nitrogen and oxygen atoms in total. The van der Waals surface area contributed by atoms with Crippen LogP contribution in [0, 0.1) is 0 Å². The topological polar surface area (TPSA) is 52.2 Å². The van der Waals surface area contributed by atoms with Gasteiger partial charge in [0.2, 0.25) is 0 Å². The molecular weight excluding hydrogens is 170 g/mol. The number of hydrogen-bond acceptors (Lipinski definition) is 3. The van der Waals surface area contributed by atoms with Gasteiger partial charge in [0.25, 0.3) is 0 Å². The molecule has 0 spiro atoms. The molecule has 1 heterocycles. The highest BCUT2D eigenvalue weighted by atomic mass is 16.4. The molecule has 0 unspecified atom stereocenters. The number of para-hydroxylation sites is 1. The number of carbonyl (C=O) groups is 1. The van der Waals surface area contributed by atoms with Crippen LogP contribution >= 0.6 is 0 Å². The smallest absolute Gasteiger partial charge is 0.407 e. The van der Waals surface area contributed by atoms with Crippen molar-refractivity contribution in [3.05, 3.63) is 34.3 Å². The largest absolute Gasteiger partial charge is 0.419 e. The zero-order valence-electron chi connectivity index (χ0n) is 6.98. The average molecular weight is 177 g/mol. The Hall–Kier alpha value is -1.84. The normalized spacial score (nSPS) is 10.5. The number of oxazole rings is 1. The fourth-order valence-electron chi connectivity index (χ4n) is 1.26. The molecule has 2 aromatic rings. The second-order valence-electron chi connectivity index (χ2n) is 2.74. The van der Waals surface area contributed by atoms with Crippen LogP contribution in [0.15, 0.2) is 27.4 Å². The number of aryl methyl sites for hydroxylation is 1. The van der Waals surface area contributed by atoms with E-state index in [1.54, 1.807) is 25.2 Å². The number of rotatable bonds is 1. The van der Waals surface area contributed by atoms with E-state index in [-0.39, 0.29) is 0 Å². The molecule has 0 atom stereocenters. The molecule has 0 amide bonds. The number of nitrogens with zero attached hydrogens (tertiary/aromatic N) is 1. The summed E-state index contributed by atoms with van der Waals surface area (Å²) in [5.41, 5.74) is 1.38. The summed E-state index contributed by atoms with van der Waals surface area (Å²) >= 11 is 0. The number of aldehydes is 1. The lowest BCUT2D eigenvalue weighted by Gasteiger charge is -1.91. The maximum absolute atomic E-state index is 11.1. The molecule has 0 aliphatic carbocycles. The molecule has 0 bridgehead atoms. The van der Waals surface area contributed by atoms with E-state index in [2.05, 4.69) is 0 Å². The first-order chi connectivity index (χ1) is 6.24. The fourth-order valence-corrected chi connectivity index (χ4v) is 1.26. The Morgan fingerprint density at radius 2 is 2.23 bits per heavy atom. The zero-order valence-corrected chi connectivity index (χ0v) is 6.98. The lowest BCUT2D eigenvalue weighted by Crippen LogP contribution is -2.08. The Morgan fingerprint density at radius 1 is 1.46 bits per heavy atom. The molecular formula is C9H7NO3. The number of hydrogen-bond donors (Lipinski definition) is 0. The average Bonchev–Trinajstić information content (AvgIpc) is 2.43. The van der Waals surface area contributed by atoms with E-state index >= 15 is 0 Å². The summed E-state index contributed by atoms with van der Waals surface area (Å²) in [7, 11) is 1.60. The monoisotopic (exact) mass is 177 g/mol. The van der Waals surface area contributed by atoms with Crippen molar-refractivity contribution in [3.63, 3.8) is 0 Å². The maximum Gasteiger partial charge on any atom is 0.419 e. The zero-order chi connectivity index (χ0) is 9.42. The third kappa shape index (κ3) is 0.989. The molecule has 2 rings (SSSR count). The Kier molecular flexibility index (Phi) is 1.55. The first-order valence-electron chi connectivity index (χ1n) is 3.78. The lowest BCUT2D eigenvalue weighted by atomic mass is 10.2.